The molecule has 0 aliphatic heterocycles. The van der Waals surface area contributed by atoms with E-state index in [2.05, 4.69) is 36.5 Å². The average Bonchev–Trinajstić information content (AvgIpc) is 2.59. The van der Waals surface area contributed by atoms with Crippen LogP contribution in [-0.4, -0.2) is 0 Å². The molecule has 0 bridgehead atoms. The van der Waals surface area contributed by atoms with Gasteiger partial charge in [0, 0.05) is 0 Å². The molecule has 0 atom stereocenters. The lowest BCUT2D eigenvalue weighted by atomic mass is 10.1. The molecule has 2 aliphatic rings. The van der Waals surface area contributed by atoms with Crippen molar-refractivity contribution in [3.05, 3.63) is 47.6 Å². The average molecular weight is 130 g/mol. The Morgan fingerprint density at radius 2 is 1.30 bits per heavy atom. The minimum atomic E-state index is 1.11. The Morgan fingerprint density at radius 3 is 1.60 bits per heavy atom. The molecule has 10 heavy (non-hydrogen) atoms. The fraction of sp³-hybridized carbons (Fsp3) is 0.200. The number of allylic oxidation sites excluding steroid dienone is 8. The fourth-order valence-electron chi connectivity index (χ4n) is 1.34. The van der Waals surface area contributed by atoms with Gasteiger partial charge in [0.25, 0.3) is 0 Å². The largest absolute Gasteiger partial charge is 0.0801 e. The first-order valence-electron chi connectivity index (χ1n) is 3.70. The number of rotatable bonds is 1. The lowest BCUT2D eigenvalue weighted by molar-refractivity contribution is 1.41. The molecule has 0 aromatic heterocycles. The van der Waals surface area contributed by atoms with Crippen LogP contribution in [0.2, 0.25) is 0 Å². The maximum absolute atomic E-state index is 2.27. The summed E-state index contributed by atoms with van der Waals surface area (Å²) >= 11 is 0. The molecule has 2 rings (SSSR count). The fourth-order valence-corrected chi connectivity index (χ4v) is 1.34. The Morgan fingerprint density at radius 1 is 0.800 bits per heavy atom. The summed E-state index contributed by atoms with van der Waals surface area (Å²) < 4.78 is 0. The van der Waals surface area contributed by atoms with Crippen LogP contribution >= 0.6 is 0 Å². The molecule has 0 aromatic rings. The van der Waals surface area contributed by atoms with E-state index in [9.17, 15) is 0 Å². The van der Waals surface area contributed by atoms with Gasteiger partial charge >= 0.3 is 0 Å². The SMILES string of the molecule is C1=CC(C2=CCC=C2)=CC1. The summed E-state index contributed by atoms with van der Waals surface area (Å²) in [5.74, 6) is 0. The summed E-state index contributed by atoms with van der Waals surface area (Å²) in [4.78, 5) is 0. The number of hydrogen-bond acceptors (Lipinski definition) is 0. The van der Waals surface area contributed by atoms with Crippen molar-refractivity contribution in [3.63, 3.8) is 0 Å². The van der Waals surface area contributed by atoms with Gasteiger partial charge in [-0.1, -0.05) is 36.5 Å². The zero-order valence-corrected chi connectivity index (χ0v) is 5.88. The molecular weight excluding hydrogens is 120 g/mol. The van der Waals surface area contributed by atoms with E-state index in [1.165, 1.54) is 11.1 Å². The van der Waals surface area contributed by atoms with E-state index in [-0.39, 0.29) is 0 Å². The van der Waals surface area contributed by atoms with Crippen molar-refractivity contribution in [2.45, 2.75) is 12.8 Å². The smallest absolute Gasteiger partial charge is 0.0157 e. The molecule has 0 amide bonds. The van der Waals surface area contributed by atoms with Crippen LogP contribution in [-0.2, 0) is 0 Å². The first kappa shape index (κ1) is 5.72. The highest BCUT2D eigenvalue weighted by Gasteiger charge is 2.03. The van der Waals surface area contributed by atoms with E-state index in [0.717, 1.165) is 12.8 Å². The summed E-state index contributed by atoms with van der Waals surface area (Å²) in [6.07, 6.45) is 15.5. The third-order valence-corrected chi connectivity index (χ3v) is 1.88. The molecule has 0 fully saturated rings. The molecule has 0 heteroatoms. The molecule has 0 radical (unpaired) electrons. The lowest BCUT2D eigenvalue weighted by Crippen LogP contribution is -1.75. The third-order valence-electron chi connectivity index (χ3n) is 1.88. The van der Waals surface area contributed by atoms with Crippen LogP contribution in [0.4, 0.5) is 0 Å². The molecule has 0 nitrogen and oxygen atoms in total. The van der Waals surface area contributed by atoms with Crippen molar-refractivity contribution in [2.24, 2.45) is 0 Å². The highest BCUT2D eigenvalue weighted by Crippen LogP contribution is 2.22. The summed E-state index contributed by atoms with van der Waals surface area (Å²) in [6, 6.07) is 0. The van der Waals surface area contributed by atoms with E-state index in [0.29, 0.717) is 0 Å². The van der Waals surface area contributed by atoms with Crippen molar-refractivity contribution in [3.8, 4) is 0 Å². The Labute approximate surface area is 61.3 Å². The Hall–Kier alpha value is -1.04. The molecule has 0 N–H and O–H groups in total. The van der Waals surface area contributed by atoms with Gasteiger partial charge in [-0.05, 0) is 24.0 Å². The minimum Gasteiger partial charge on any atom is -0.0801 e. The molecular formula is C10H10. The molecule has 0 heterocycles. The van der Waals surface area contributed by atoms with Crippen LogP contribution in [0.25, 0.3) is 0 Å². The topological polar surface area (TPSA) is 0 Å². The minimum absolute atomic E-state index is 1.11. The normalized spacial score (nSPS) is 21.6. The zero-order chi connectivity index (χ0) is 6.81. The van der Waals surface area contributed by atoms with Crippen LogP contribution in [0, 0.1) is 0 Å². The molecule has 0 saturated heterocycles. The molecule has 50 valence electrons. The van der Waals surface area contributed by atoms with E-state index < -0.39 is 0 Å². The van der Waals surface area contributed by atoms with Crippen LogP contribution < -0.4 is 0 Å². The summed E-state index contributed by atoms with van der Waals surface area (Å²) in [5.41, 5.74) is 2.79. The zero-order valence-electron chi connectivity index (χ0n) is 5.88. The monoisotopic (exact) mass is 130 g/mol. The molecule has 0 unspecified atom stereocenters. The highest BCUT2D eigenvalue weighted by atomic mass is 14.1. The van der Waals surface area contributed by atoms with E-state index >= 15 is 0 Å². The van der Waals surface area contributed by atoms with Crippen molar-refractivity contribution < 1.29 is 0 Å². The summed E-state index contributed by atoms with van der Waals surface area (Å²) in [6.45, 7) is 0. The van der Waals surface area contributed by atoms with Gasteiger partial charge in [-0.2, -0.15) is 0 Å². The van der Waals surface area contributed by atoms with Crippen LogP contribution in [0.3, 0.4) is 0 Å². The number of hydrogen-bond donors (Lipinski definition) is 0. The first-order chi connectivity index (χ1) is 4.97. The summed E-state index contributed by atoms with van der Waals surface area (Å²) in [5, 5.41) is 0. The standard InChI is InChI=1S/C10H10/c1-2-6-9(5-1)10-7-3-4-8-10/h1,3,5-8H,2,4H2. The van der Waals surface area contributed by atoms with Crippen molar-refractivity contribution in [1.29, 1.82) is 0 Å². The third kappa shape index (κ3) is 0.860. The van der Waals surface area contributed by atoms with E-state index in [1.54, 1.807) is 0 Å². The van der Waals surface area contributed by atoms with Crippen molar-refractivity contribution in [2.75, 3.05) is 0 Å². The van der Waals surface area contributed by atoms with Crippen LogP contribution in [0.15, 0.2) is 47.6 Å². The Balaban J connectivity index is 2.26. The van der Waals surface area contributed by atoms with Gasteiger partial charge < -0.3 is 0 Å². The van der Waals surface area contributed by atoms with Gasteiger partial charge in [-0.25, -0.2) is 0 Å². The van der Waals surface area contributed by atoms with Gasteiger partial charge in [0.1, 0.15) is 0 Å². The highest BCUT2D eigenvalue weighted by molar-refractivity contribution is 5.51. The van der Waals surface area contributed by atoms with E-state index in [1.807, 2.05) is 0 Å². The molecule has 0 aromatic carbocycles. The second-order valence-corrected chi connectivity index (χ2v) is 2.60. The maximum atomic E-state index is 2.27. The maximum Gasteiger partial charge on any atom is -0.0157 e. The second-order valence-electron chi connectivity index (χ2n) is 2.60. The quantitative estimate of drug-likeness (QED) is 0.512. The molecule has 0 saturated carbocycles. The second kappa shape index (κ2) is 2.30. The van der Waals surface area contributed by atoms with Gasteiger partial charge in [0.2, 0.25) is 0 Å². The Bertz CT molecular complexity index is 221. The lowest BCUT2D eigenvalue weighted by Gasteiger charge is -1.94. The molecule has 0 spiro atoms. The van der Waals surface area contributed by atoms with Crippen molar-refractivity contribution in [1.82, 2.24) is 0 Å². The van der Waals surface area contributed by atoms with Gasteiger partial charge in [-0.15, -0.1) is 0 Å². The van der Waals surface area contributed by atoms with Crippen LogP contribution in [0.1, 0.15) is 12.8 Å². The van der Waals surface area contributed by atoms with Crippen molar-refractivity contribution >= 4 is 0 Å². The van der Waals surface area contributed by atoms with E-state index in [4.69, 9.17) is 0 Å². The molecule has 2 aliphatic carbocycles. The Kier molecular flexibility index (Phi) is 1.31. The summed E-state index contributed by atoms with van der Waals surface area (Å²) in [7, 11) is 0. The predicted octanol–water partition coefficient (Wildman–Crippen LogP) is 2.76. The first-order valence-corrected chi connectivity index (χ1v) is 3.70. The van der Waals surface area contributed by atoms with Gasteiger partial charge in [-0.3, -0.25) is 0 Å². The van der Waals surface area contributed by atoms with Gasteiger partial charge in [0.15, 0.2) is 0 Å². The van der Waals surface area contributed by atoms with Gasteiger partial charge in [0.05, 0.1) is 0 Å². The predicted molar refractivity (Wildman–Crippen MR) is 43.7 cm³/mol. The van der Waals surface area contributed by atoms with Crippen LogP contribution in [0.5, 0.6) is 0 Å².